The number of likely N-dealkylation sites (N-methyl/N-ethyl adjacent to an activating group) is 1. The Hall–Kier alpha value is -1.66. The van der Waals surface area contributed by atoms with Crippen molar-refractivity contribution in [2.24, 2.45) is 0 Å². The van der Waals surface area contributed by atoms with Crippen LogP contribution in [0.3, 0.4) is 0 Å². The van der Waals surface area contributed by atoms with Crippen LogP contribution in [0.2, 0.25) is 0 Å². The van der Waals surface area contributed by atoms with Crippen LogP contribution < -0.4 is 24.8 Å². The third-order valence-corrected chi connectivity index (χ3v) is 2.62. The molecule has 0 fully saturated rings. The summed E-state index contributed by atoms with van der Waals surface area (Å²) in [5, 5.41) is 5.57. The summed E-state index contributed by atoms with van der Waals surface area (Å²) >= 11 is 0. The number of methoxy groups -OCH3 is 3. The molecule has 1 aromatic carbocycles. The van der Waals surface area contributed by atoms with Crippen molar-refractivity contribution < 1.29 is 19.0 Å². The average Bonchev–Trinajstić information content (AvgIpc) is 2.44. The number of halogens is 1. The van der Waals surface area contributed by atoms with Gasteiger partial charge >= 0.3 is 0 Å². The van der Waals surface area contributed by atoms with Gasteiger partial charge < -0.3 is 24.8 Å². The van der Waals surface area contributed by atoms with E-state index < -0.39 is 0 Å². The number of amides is 1. The summed E-state index contributed by atoms with van der Waals surface area (Å²) < 4.78 is 15.8. The van der Waals surface area contributed by atoms with Crippen LogP contribution in [0, 0.1) is 0 Å². The second-order valence-corrected chi connectivity index (χ2v) is 3.82. The molecule has 0 aliphatic carbocycles. The number of carbonyl (C=O) groups is 1. The predicted molar refractivity (Wildman–Crippen MR) is 79.1 cm³/mol. The molecule has 1 amide bonds. The lowest BCUT2D eigenvalue weighted by Gasteiger charge is -2.15. The average molecular weight is 305 g/mol. The highest BCUT2D eigenvalue weighted by atomic mass is 35.5. The Labute approximate surface area is 125 Å². The standard InChI is InChI=1S/C13H20N2O4.ClH/c1-14-8-13(16)15-7-10-11(18-3)5-9(17-2)6-12(10)19-4;/h5-6,14H,7-8H2,1-4H3,(H,15,16);1H. The van der Waals surface area contributed by atoms with E-state index in [4.69, 9.17) is 14.2 Å². The molecule has 20 heavy (non-hydrogen) atoms. The highest BCUT2D eigenvalue weighted by Gasteiger charge is 2.13. The van der Waals surface area contributed by atoms with E-state index in [9.17, 15) is 4.79 Å². The second-order valence-electron chi connectivity index (χ2n) is 3.82. The SMILES string of the molecule is CNCC(=O)NCc1c(OC)cc(OC)cc1OC.Cl. The first-order chi connectivity index (χ1) is 9.15. The van der Waals surface area contributed by atoms with Crippen LogP contribution in [0.4, 0.5) is 0 Å². The highest BCUT2D eigenvalue weighted by Crippen LogP contribution is 2.33. The van der Waals surface area contributed by atoms with Crippen LogP contribution in [-0.4, -0.2) is 40.8 Å². The Morgan fingerprint density at radius 3 is 2.05 bits per heavy atom. The Balaban J connectivity index is 0.00000361. The quantitative estimate of drug-likeness (QED) is 0.785. The molecule has 0 unspecified atom stereocenters. The normalized spacial score (nSPS) is 9.40. The van der Waals surface area contributed by atoms with Crippen molar-refractivity contribution in [2.45, 2.75) is 6.54 Å². The molecule has 0 bridgehead atoms. The number of hydrogen-bond donors (Lipinski definition) is 2. The number of carbonyl (C=O) groups excluding carboxylic acids is 1. The lowest BCUT2D eigenvalue weighted by molar-refractivity contribution is -0.120. The van der Waals surface area contributed by atoms with Crippen molar-refractivity contribution >= 4 is 18.3 Å². The predicted octanol–water partition coefficient (Wildman–Crippen LogP) is 0.970. The van der Waals surface area contributed by atoms with Gasteiger partial charge in [-0.2, -0.15) is 0 Å². The van der Waals surface area contributed by atoms with Crippen molar-refractivity contribution in [1.82, 2.24) is 10.6 Å². The summed E-state index contributed by atoms with van der Waals surface area (Å²) in [7, 11) is 6.41. The molecule has 0 radical (unpaired) electrons. The highest BCUT2D eigenvalue weighted by molar-refractivity contribution is 5.85. The number of nitrogens with one attached hydrogen (secondary N) is 2. The van der Waals surface area contributed by atoms with Gasteiger partial charge in [0.05, 0.1) is 40.0 Å². The van der Waals surface area contributed by atoms with E-state index in [-0.39, 0.29) is 24.9 Å². The van der Waals surface area contributed by atoms with Crippen molar-refractivity contribution in [3.05, 3.63) is 17.7 Å². The fourth-order valence-corrected chi connectivity index (χ4v) is 1.66. The monoisotopic (exact) mass is 304 g/mol. The number of rotatable bonds is 7. The van der Waals surface area contributed by atoms with Crippen LogP contribution >= 0.6 is 12.4 Å². The molecular weight excluding hydrogens is 284 g/mol. The Morgan fingerprint density at radius 2 is 1.65 bits per heavy atom. The minimum atomic E-state index is -0.0950. The van der Waals surface area contributed by atoms with Gasteiger partial charge in [0.25, 0.3) is 0 Å². The summed E-state index contributed by atoms with van der Waals surface area (Å²) in [6.45, 7) is 0.595. The topological polar surface area (TPSA) is 68.8 Å². The summed E-state index contributed by atoms with van der Waals surface area (Å²) in [5.41, 5.74) is 0.773. The van der Waals surface area contributed by atoms with Crippen molar-refractivity contribution in [3.63, 3.8) is 0 Å². The lowest BCUT2D eigenvalue weighted by Crippen LogP contribution is -2.31. The summed E-state index contributed by atoms with van der Waals surface area (Å²) in [6, 6.07) is 3.50. The van der Waals surface area contributed by atoms with Crippen molar-refractivity contribution in [2.75, 3.05) is 34.9 Å². The Kier molecular flexibility index (Phi) is 8.51. The van der Waals surface area contributed by atoms with Gasteiger partial charge in [-0.25, -0.2) is 0 Å². The summed E-state index contributed by atoms with van der Waals surface area (Å²) in [4.78, 5) is 11.5. The van der Waals surface area contributed by atoms with E-state index in [0.717, 1.165) is 5.56 Å². The van der Waals surface area contributed by atoms with Crippen LogP contribution in [-0.2, 0) is 11.3 Å². The van der Waals surface area contributed by atoms with E-state index in [1.165, 1.54) is 0 Å². The van der Waals surface area contributed by atoms with E-state index >= 15 is 0 Å². The first kappa shape index (κ1) is 18.3. The minimum absolute atomic E-state index is 0. The fourth-order valence-electron chi connectivity index (χ4n) is 1.66. The van der Waals surface area contributed by atoms with E-state index in [0.29, 0.717) is 23.8 Å². The van der Waals surface area contributed by atoms with Gasteiger partial charge in [0.15, 0.2) is 0 Å². The zero-order chi connectivity index (χ0) is 14.3. The minimum Gasteiger partial charge on any atom is -0.496 e. The molecule has 0 aliphatic heterocycles. The number of ether oxygens (including phenoxy) is 3. The third-order valence-electron chi connectivity index (χ3n) is 2.62. The lowest BCUT2D eigenvalue weighted by atomic mass is 10.1. The van der Waals surface area contributed by atoms with Gasteiger partial charge in [-0.05, 0) is 7.05 Å². The van der Waals surface area contributed by atoms with Crippen LogP contribution in [0.5, 0.6) is 17.2 Å². The van der Waals surface area contributed by atoms with Gasteiger partial charge in [0.2, 0.25) is 5.91 Å². The molecule has 0 aliphatic rings. The van der Waals surface area contributed by atoms with E-state index in [1.54, 1.807) is 40.5 Å². The third kappa shape index (κ3) is 4.79. The maximum Gasteiger partial charge on any atom is 0.234 e. The molecule has 0 saturated carbocycles. The van der Waals surface area contributed by atoms with Crippen molar-refractivity contribution in [1.29, 1.82) is 0 Å². The second kappa shape index (κ2) is 9.28. The van der Waals surface area contributed by atoms with Gasteiger partial charge in [-0.1, -0.05) is 0 Å². The maximum atomic E-state index is 11.5. The maximum absolute atomic E-state index is 11.5. The molecule has 0 heterocycles. The fraction of sp³-hybridized carbons (Fsp3) is 0.462. The number of benzene rings is 1. The molecule has 7 heteroatoms. The molecule has 0 aromatic heterocycles. The van der Waals surface area contributed by atoms with Gasteiger partial charge in [0.1, 0.15) is 17.2 Å². The summed E-state index contributed by atoms with van der Waals surface area (Å²) in [6.07, 6.45) is 0. The zero-order valence-corrected chi connectivity index (χ0v) is 12.9. The molecular formula is C13H21ClN2O4. The van der Waals surface area contributed by atoms with Crippen LogP contribution in [0.25, 0.3) is 0 Å². The largest absolute Gasteiger partial charge is 0.496 e. The molecule has 6 nitrogen and oxygen atoms in total. The first-order valence-electron chi connectivity index (χ1n) is 5.86. The molecule has 114 valence electrons. The van der Waals surface area contributed by atoms with Gasteiger partial charge in [-0.3, -0.25) is 4.79 Å². The number of hydrogen-bond acceptors (Lipinski definition) is 5. The van der Waals surface area contributed by atoms with Crippen LogP contribution in [0.15, 0.2) is 12.1 Å². The Morgan fingerprint density at radius 1 is 1.10 bits per heavy atom. The zero-order valence-electron chi connectivity index (χ0n) is 12.1. The van der Waals surface area contributed by atoms with Crippen LogP contribution in [0.1, 0.15) is 5.56 Å². The van der Waals surface area contributed by atoms with E-state index in [1.807, 2.05) is 0 Å². The molecule has 1 aromatic rings. The smallest absolute Gasteiger partial charge is 0.234 e. The molecule has 0 atom stereocenters. The Bertz CT molecular complexity index is 415. The summed E-state index contributed by atoms with van der Waals surface area (Å²) in [5.74, 6) is 1.77. The van der Waals surface area contributed by atoms with Gasteiger partial charge in [-0.15, -0.1) is 12.4 Å². The first-order valence-corrected chi connectivity index (χ1v) is 5.86. The molecule has 0 spiro atoms. The molecule has 2 N–H and O–H groups in total. The molecule has 0 saturated heterocycles. The van der Waals surface area contributed by atoms with E-state index in [2.05, 4.69) is 10.6 Å². The van der Waals surface area contributed by atoms with Gasteiger partial charge in [0, 0.05) is 12.1 Å². The van der Waals surface area contributed by atoms with Crippen molar-refractivity contribution in [3.8, 4) is 17.2 Å². The molecule has 1 rings (SSSR count).